The zero-order chi connectivity index (χ0) is 15.7. The summed E-state index contributed by atoms with van der Waals surface area (Å²) in [7, 11) is 0. The third-order valence-corrected chi connectivity index (χ3v) is 4.29. The van der Waals surface area contributed by atoms with Crippen molar-refractivity contribution in [2.24, 2.45) is 10.2 Å². The van der Waals surface area contributed by atoms with Gasteiger partial charge in [-0.15, -0.1) is 5.11 Å². The predicted octanol–water partition coefficient (Wildman–Crippen LogP) is 5.04. The topological polar surface area (TPSA) is 67.9 Å². The standard InChI is InChI=1S/C16H12BrN3O2/c1-16(12-5-3-2-4-6-12)14(15(17)18-19-16)11-7-9-13(10-8-11)20(21)22/h2-10H,1H3. The molecule has 0 aromatic heterocycles. The normalized spacial score (nSPS) is 20.5. The van der Waals surface area contributed by atoms with E-state index in [1.54, 1.807) is 12.1 Å². The molecule has 0 fully saturated rings. The van der Waals surface area contributed by atoms with Gasteiger partial charge in [-0.2, -0.15) is 5.11 Å². The summed E-state index contributed by atoms with van der Waals surface area (Å²) in [5.41, 5.74) is 2.22. The second-order valence-electron chi connectivity index (χ2n) is 5.11. The van der Waals surface area contributed by atoms with Crippen LogP contribution in [0, 0.1) is 10.1 Å². The quantitative estimate of drug-likeness (QED) is 0.438. The summed E-state index contributed by atoms with van der Waals surface area (Å²) < 4.78 is 0.646. The van der Waals surface area contributed by atoms with Gasteiger partial charge < -0.3 is 0 Å². The van der Waals surface area contributed by atoms with E-state index in [-0.39, 0.29) is 5.69 Å². The van der Waals surface area contributed by atoms with Gasteiger partial charge in [0, 0.05) is 17.7 Å². The van der Waals surface area contributed by atoms with Gasteiger partial charge >= 0.3 is 0 Å². The minimum Gasteiger partial charge on any atom is -0.258 e. The number of nitrogens with zero attached hydrogens (tertiary/aromatic N) is 3. The van der Waals surface area contributed by atoms with E-state index < -0.39 is 10.5 Å². The SMILES string of the molecule is CC1(c2ccccc2)N=NC(Br)=C1c1ccc([N+](=O)[O-])cc1. The van der Waals surface area contributed by atoms with Crippen molar-refractivity contribution in [1.82, 2.24) is 0 Å². The molecule has 0 saturated carbocycles. The van der Waals surface area contributed by atoms with Gasteiger partial charge in [-0.3, -0.25) is 10.1 Å². The fourth-order valence-corrected chi connectivity index (χ4v) is 3.25. The van der Waals surface area contributed by atoms with Gasteiger partial charge in [0.2, 0.25) is 0 Å². The number of benzene rings is 2. The Morgan fingerprint density at radius 3 is 2.32 bits per heavy atom. The summed E-state index contributed by atoms with van der Waals surface area (Å²) in [4.78, 5) is 10.4. The third-order valence-electron chi connectivity index (χ3n) is 3.73. The zero-order valence-electron chi connectivity index (χ0n) is 11.7. The summed E-state index contributed by atoms with van der Waals surface area (Å²) in [6.45, 7) is 1.98. The molecule has 1 aliphatic heterocycles. The van der Waals surface area contributed by atoms with E-state index >= 15 is 0 Å². The number of hydrogen-bond donors (Lipinski definition) is 0. The van der Waals surface area contributed by atoms with Crippen molar-refractivity contribution in [1.29, 1.82) is 0 Å². The molecule has 0 aliphatic carbocycles. The molecule has 1 unspecified atom stereocenters. The Hall–Kier alpha value is -2.34. The van der Waals surface area contributed by atoms with Crippen LogP contribution in [0.1, 0.15) is 18.1 Å². The second kappa shape index (κ2) is 5.46. The molecule has 1 atom stereocenters. The molecule has 0 amide bonds. The first-order chi connectivity index (χ1) is 10.5. The highest BCUT2D eigenvalue weighted by atomic mass is 79.9. The molecule has 6 heteroatoms. The lowest BCUT2D eigenvalue weighted by Crippen LogP contribution is -2.19. The van der Waals surface area contributed by atoms with Crippen LogP contribution in [-0.2, 0) is 5.54 Å². The molecular weight excluding hydrogens is 346 g/mol. The Labute approximate surface area is 135 Å². The van der Waals surface area contributed by atoms with Crippen molar-refractivity contribution in [3.05, 3.63) is 80.4 Å². The summed E-state index contributed by atoms with van der Waals surface area (Å²) in [5, 5.41) is 19.4. The van der Waals surface area contributed by atoms with Crippen LogP contribution >= 0.6 is 15.9 Å². The van der Waals surface area contributed by atoms with E-state index in [4.69, 9.17) is 0 Å². The Morgan fingerprint density at radius 1 is 1.09 bits per heavy atom. The van der Waals surface area contributed by atoms with Crippen LogP contribution in [-0.4, -0.2) is 4.92 Å². The van der Waals surface area contributed by atoms with Gasteiger partial charge in [-0.1, -0.05) is 30.3 Å². The maximum atomic E-state index is 10.8. The average Bonchev–Trinajstić information content (AvgIpc) is 2.85. The number of azo groups is 1. The van der Waals surface area contributed by atoms with E-state index in [1.807, 2.05) is 37.3 Å². The van der Waals surface area contributed by atoms with Crippen LogP contribution in [0.15, 0.2) is 69.4 Å². The number of rotatable bonds is 3. The molecule has 0 bridgehead atoms. The second-order valence-corrected chi connectivity index (χ2v) is 5.86. The van der Waals surface area contributed by atoms with E-state index in [1.165, 1.54) is 12.1 Å². The molecule has 2 aromatic carbocycles. The Bertz CT molecular complexity index is 785. The molecule has 0 radical (unpaired) electrons. The lowest BCUT2D eigenvalue weighted by molar-refractivity contribution is -0.384. The smallest absolute Gasteiger partial charge is 0.258 e. The van der Waals surface area contributed by atoms with Gasteiger partial charge in [-0.25, -0.2) is 0 Å². The molecule has 110 valence electrons. The molecule has 0 N–H and O–H groups in total. The molecule has 1 heterocycles. The van der Waals surface area contributed by atoms with Crippen molar-refractivity contribution in [2.45, 2.75) is 12.5 Å². The zero-order valence-corrected chi connectivity index (χ0v) is 13.3. The highest BCUT2D eigenvalue weighted by Gasteiger charge is 2.38. The first-order valence-electron chi connectivity index (χ1n) is 6.66. The summed E-state index contributed by atoms with van der Waals surface area (Å²) in [5.74, 6) is 0. The minimum atomic E-state index is -0.615. The number of nitro benzene ring substituents is 1. The maximum absolute atomic E-state index is 10.8. The third kappa shape index (κ3) is 2.35. The molecule has 22 heavy (non-hydrogen) atoms. The predicted molar refractivity (Wildman–Crippen MR) is 87.6 cm³/mol. The van der Waals surface area contributed by atoms with E-state index in [9.17, 15) is 10.1 Å². The Balaban J connectivity index is 2.08. The van der Waals surface area contributed by atoms with Crippen molar-refractivity contribution in [3.63, 3.8) is 0 Å². The van der Waals surface area contributed by atoms with Gasteiger partial charge in [0.05, 0.1) is 4.92 Å². The minimum absolute atomic E-state index is 0.0637. The van der Waals surface area contributed by atoms with Crippen LogP contribution in [0.4, 0.5) is 5.69 Å². The van der Waals surface area contributed by atoms with Gasteiger partial charge in [0.1, 0.15) is 10.1 Å². The van der Waals surface area contributed by atoms with Gasteiger partial charge in [0.15, 0.2) is 0 Å². The summed E-state index contributed by atoms with van der Waals surface area (Å²) in [6.07, 6.45) is 0. The van der Waals surface area contributed by atoms with Crippen molar-refractivity contribution >= 4 is 27.2 Å². The molecule has 5 nitrogen and oxygen atoms in total. The number of halogens is 1. The van der Waals surface area contributed by atoms with E-state index in [0.29, 0.717) is 4.61 Å². The van der Waals surface area contributed by atoms with Crippen molar-refractivity contribution in [3.8, 4) is 0 Å². The molecule has 0 saturated heterocycles. The fraction of sp³-hybridized carbons (Fsp3) is 0.125. The van der Waals surface area contributed by atoms with Crippen molar-refractivity contribution < 1.29 is 4.92 Å². The van der Waals surface area contributed by atoms with E-state index in [0.717, 1.165) is 16.7 Å². The fourth-order valence-electron chi connectivity index (χ4n) is 2.56. The first kappa shape index (κ1) is 14.6. The van der Waals surface area contributed by atoms with Gasteiger partial charge in [0.25, 0.3) is 5.69 Å². The number of hydrogen-bond acceptors (Lipinski definition) is 4. The van der Waals surface area contributed by atoms with Crippen LogP contribution in [0.25, 0.3) is 5.57 Å². The Kier molecular flexibility index (Phi) is 3.62. The maximum Gasteiger partial charge on any atom is 0.269 e. The lowest BCUT2D eigenvalue weighted by atomic mass is 9.82. The summed E-state index contributed by atoms with van der Waals surface area (Å²) in [6, 6.07) is 16.3. The first-order valence-corrected chi connectivity index (χ1v) is 7.45. The largest absolute Gasteiger partial charge is 0.269 e. The highest BCUT2D eigenvalue weighted by Crippen LogP contribution is 2.48. The number of nitro groups is 1. The highest BCUT2D eigenvalue weighted by molar-refractivity contribution is 9.11. The van der Waals surface area contributed by atoms with E-state index in [2.05, 4.69) is 26.2 Å². The van der Waals surface area contributed by atoms with Crippen LogP contribution < -0.4 is 0 Å². The molecule has 1 aliphatic rings. The van der Waals surface area contributed by atoms with Gasteiger partial charge in [-0.05, 0) is 46.1 Å². The van der Waals surface area contributed by atoms with Crippen LogP contribution in [0.3, 0.4) is 0 Å². The average molecular weight is 358 g/mol. The molecule has 2 aromatic rings. The number of non-ortho nitro benzene ring substituents is 1. The molecule has 3 rings (SSSR count). The lowest BCUT2D eigenvalue weighted by Gasteiger charge is -2.24. The summed E-state index contributed by atoms with van der Waals surface area (Å²) >= 11 is 3.45. The molecular formula is C16H12BrN3O2. The Morgan fingerprint density at radius 2 is 1.73 bits per heavy atom. The van der Waals surface area contributed by atoms with Crippen molar-refractivity contribution in [2.75, 3.05) is 0 Å². The monoisotopic (exact) mass is 357 g/mol. The molecule has 0 spiro atoms. The van der Waals surface area contributed by atoms with Crippen LogP contribution in [0.5, 0.6) is 0 Å². The van der Waals surface area contributed by atoms with Crippen LogP contribution in [0.2, 0.25) is 0 Å².